The molecule has 0 radical (unpaired) electrons. The van der Waals surface area contributed by atoms with Crippen molar-refractivity contribution in [1.82, 2.24) is 9.71 Å². The Morgan fingerprint density at radius 2 is 2.16 bits per heavy atom. The van der Waals surface area contributed by atoms with E-state index in [2.05, 4.69) is 15.0 Å². The van der Waals surface area contributed by atoms with Crippen LogP contribution in [0, 0.1) is 5.92 Å². The van der Waals surface area contributed by atoms with E-state index in [1.807, 2.05) is 13.8 Å². The molecule has 0 amide bonds. The summed E-state index contributed by atoms with van der Waals surface area (Å²) in [4.78, 5) is 4.30. The maximum absolute atomic E-state index is 12.1. The zero-order chi connectivity index (χ0) is 13.9. The Morgan fingerprint density at radius 1 is 1.42 bits per heavy atom. The first-order valence-electron chi connectivity index (χ1n) is 6.73. The quantitative estimate of drug-likeness (QED) is 0.802. The van der Waals surface area contributed by atoms with Crippen molar-refractivity contribution in [3.05, 3.63) is 18.3 Å². The lowest BCUT2D eigenvalue weighted by Crippen LogP contribution is -2.33. The Balaban J connectivity index is 2.01. The van der Waals surface area contributed by atoms with Crippen molar-refractivity contribution in [2.75, 3.05) is 11.9 Å². The minimum absolute atomic E-state index is 0.0223. The number of aromatic nitrogens is 1. The molecule has 1 unspecified atom stereocenters. The fourth-order valence-corrected chi connectivity index (χ4v) is 3.26. The van der Waals surface area contributed by atoms with Gasteiger partial charge in [0, 0.05) is 18.8 Å². The van der Waals surface area contributed by atoms with Crippen molar-refractivity contribution in [3.8, 4) is 0 Å². The van der Waals surface area contributed by atoms with Crippen LogP contribution < -0.4 is 10.0 Å². The van der Waals surface area contributed by atoms with Crippen LogP contribution in [0.15, 0.2) is 23.2 Å². The molecule has 1 heterocycles. The smallest absolute Gasteiger partial charge is 0.242 e. The van der Waals surface area contributed by atoms with Crippen molar-refractivity contribution >= 4 is 15.8 Å². The van der Waals surface area contributed by atoms with E-state index in [1.165, 1.54) is 19.0 Å². The molecule has 1 atom stereocenters. The summed E-state index contributed by atoms with van der Waals surface area (Å²) in [6.45, 7) is 4.64. The molecule has 1 aliphatic rings. The van der Waals surface area contributed by atoms with Crippen LogP contribution in [0.5, 0.6) is 0 Å². The summed E-state index contributed by atoms with van der Waals surface area (Å²) in [5.41, 5.74) is 0. The van der Waals surface area contributed by atoms with Crippen molar-refractivity contribution in [2.24, 2.45) is 5.92 Å². The van der Waals surface area contributed by atoms with E-state index in [-0.39, 0.29) is 10.9 Å². The van der Waals surface area contributed by atoms with E-state index in [4.69, 9.17) is 0 Å². The summed E-state index contributed by atoms with van der Waals surface area (Å²) in [6, 6.07) is 3.24. The normalized spacial score (nSPS) is 17.2. The molecule has 1 aromatic rings. The number of hydrogen-bond donors (Lipinski definition) is 2. The molecule has 0 saturated heterocycles. The molecule has 0 bridgehead atoms. The summed E-state index contributed by atoms with van der Waals surface area (Å²) < 4.78 is 27.0. The van der Waals surface area contributed by atoms with Gasteiger partial charge in [-0.05, 0) is 38.3 Å². The molecule has 5 nitrogen and oxygen atoms in total. The van der Waals surface area contributed by atoms with Crippen LogP contribution in [0.2, 0.25) is 0 Å². The Kier molecular flexibility index (Phi) is 4.42. The SMILES string of the molecule is CCNc1ccc(S(=O)(=O)NC(C)CC2CC2)cn1. The first-order valence-corrected chi connectivity index (χ1v) is 8.22. The lowest BCUT2D eigenvalue weighted by atomic mass is 10.2. The highest BCUT2D eigenvalue weighted by Crippen LogP contribution is 2.33. The second-order valence-electron chi connectivity index (χ2n) is 5.11. The molecule has 19 heavy (non-hydrogen) atoms. The number of rotatable bonds is 7. The lowest BCUT2D eigenvalue weighted by molar-refractivity contribution is 0.529. The number of nitrogens with one attached hydrogen (secondary N) is 2. The predicted octanol–water partition coefficient (Wildman–Crippen LogP) is 1.98. The molecule has 1 saturated carbocycles. The molecule has 1 fully saturated rings. The molecule has 6 heteroatoms. The molecular formula is C13H21N3O2S. The van der Waals surface area contributed by atoms with Crippen molar-refractivity contribution < 1.29 is 8.42 Å². The van der Waals surface area contributed by atoms with E-state index in [1.54, 1.807) is 12.1 Å². The predicted molar refractivity (Wildman–Crippen MR) is 75.5 cm³/mol. The van der Waals surface area contributed by atoms with Crippen LogP contribution in [0.1, 0.15) is 33.1 Å². The third-order valence-corrected chi connectivity index (χ3v) is 4.72. The molecule has 1 aromatic heterocycles. The zero-order valence-electron chi connectivity index (χ0n) is 11.4. The molecule has 106 valence electrons. The second-order valence-corrected chi connectivity index (χ2v) is 6.82. The van der Waals surface area contributed by atoms with Gasteiger partial charge in [0.15, 0.2) is 0 Å². The molecule has 2 N–H and O–H groups in total. The van der Waals surface area contributed by atoms with Gasteiger partial charge in [-0.1, -0.05) is 12.8 Å². The average Bonchev–Trinajstić information content (AvgIpc) is 3.13. The second kappa shape index (κ2) is 5.88. The van der Waals surface area contributed by atoms with Crippen LogP contribution in [-0.2, 0) is 10.0 Å². The number of sulfonamides is 1. The van der Waals surface area contributed by atoms with Crippen molar-refractivity contribution in [1.29, 1.82) is 0 Å². The molecule has 0 aromatic carbocycles. The first kappa shape index (κ1) is 14.3. The highest BCUT2D eigenvalue weighted by Gasteiger charge is 2.26. The maximum atomic E-state index is 12.1. The largest absolute Gasteiger partial charge is 0.370 e. The van der Waals surface area contributed by atoms with Gasteiger partial charge in [0.25, 0.3) is 0 Å². The van der Waals surface area contributed by atoms with Gasteiger partial charge in [-0.2, -0.15) is 0 Å². The highest BCUT2D eigenvalue weighted by atomic mass is 32.2. The Labute approximate surface area is 114 Å². The van der Waals surface area contributed by atoms with Gasteiger partial charge in [0.2, 0.25) is 10.0 Å². The summed E-state index contributed by atoms with van der Waals surface area (Å²) in [7, 11) is -3.45. The van der Waals surface area contributed by atoms with E-state index in [0.717, 1.165) is 13.0 Å². The van der Waals surface area contributed by atoms with Gasteiger partial charge >= 0.3 is 0 Å². The number of nitrogens with zero attached hydrogens (tertiary/aromatic N) is 1. The number of pyridine rings is 1. The van der Waals surface area contributed by atoms with Gasteiger partial charge in [0.1, 0.15) is 10.7 Å². The average molecular weight is 283 g/mol. The topological polar surface area (TPSA) is 71.1 Å². The molecule has 0 aliphatic heterocycles. The summed E-state index contributed by atoms with van der Waals surface area (Å²) in [6.07, 6.45) is 4.77. The van der Waals surface area contributed by atoms with Crippen molar-refractivity contribution in [2.45, 2.75) is 44.0 Å². The highest BCUT2D eigenvalue weighted by molar-refractivity contribution is 7.89. The molecule has 2 rings (SSSR count). The monoisotopic (exact) mass is 283 g/mol. The number of anilines is 1. The van der Waals surface area contributed by atoms with Crippen LogP contribution in [0.3, 0.4) is 0 Å². The van der Waals surface area contributed by atoms with Gasteiger partial charge in [-0.15, -0.1) is 0 Å². The minimum atomic E-state index is -3.45. The third kappa shape index (κ3) is 4.18. The fraction of sp³-hybridized carbons (Fsp3) is 0.615. The van der Waals surface area contributed by atoms with Crippen LogP contribution in [0.25, 0.3) is 0 Å². The van der Waals surface area contributed by atoms with Gasteiger partial charge in [-0.3, -0.25) is 0 Å². The third-order valence-electron chi connectivity index (χ3n) is 3.14. The minimum Gasteiger partial charge on any atom is -0.370 e. The van der Waals surface area contributed by atoms with E-state index < -0.39 is 10.0 Å². The molecule has 0 spiro atoms. The standard InChI is InChI=1S/C13H21N3O2S/c1-3-14-13-7-6-12(9-15-13)19(17,18)16-10(2)8-11-4-5-11/h6-7,9-11,16H,3-5,8H2,1-2H3,(H,14,15). The fourth-order valence-electron chi connectivity index (χ4n) is 2.06. The van der Waals surface area contributed by atoms with Gasteiger partial charge in [0.05, 0.1) is 0 Å². The van der Waals surface area contributed by atoms with Crippen LogP contribution >= 0.6 is 0 Å². The van der Waals surface area contributed by atoms with E-state index >= 15 is 0 Å². The molecular weight excluding hydrogens is 262 g/mol. The summed E-state index contributed by atoms with van der Waals surface area (Å²) in [5.74, 6) is 1.39. The Morgan fingerprint density at radius 3 is 2.68 bits per heavy atom. The summed E-state index contributed by atoms with van der Waals surface area (Å²) in [5, 5.41) is 3.03. The summed E-state index contributed by atoms with van der Waals surface area (Å²) >= 11 is 0. The van der Waals surface area contributed by atoms with Crippen molar-refractivity contribution in [3.63, 3.8) is 0 Å². The van der Waals surface area contributed by atoms with Crippen LogP contribution in [-0.4, -0.2) is 26.0 Å². The van der Waals surface area contributed by atoms with Gasteiger partial charge in [-0.25, -0.2) is 18.1 Å². The maximum Gasteiger partial charge on any atom is 0.242 e. The Hall–Kier alpha value is -1.14. The zero-order valence-corrected chi connectivity index (χ0v) is 12.2. The first-order chi connectivity index (χ1) is 9.01. The molecule has 1 aliphatic carbocycles. The number of hydrogen-bond acceptors (Lipinski definition) is 4. The van der Waals surface area contributed by atoms with E-state index in [0.29, 0.717) is 11.7 Å². The van der Waals surface area contributed by atoms with E-state index in [9.17, 15) is 8.42 Å². The van der Waals surface area contributed by atoms with Crippen LogP contribution in [0.4, 0.5) is 5.82 Å². The lowest BCUT2D eigenvalue weighted by Gasteiger charge is -2.13. The Bertz CT molecular complexity index is 509. The van der Waals surface area contributed by atoms with Gasteiger partial charge < -0.3 is 5.32 Å².